The van der Waals surface area contributed by atoms with Crippen molar-refractivity contribution in [3.05, 3.63) is 34.6 Å². The lowest BCUT2D eigenvalue weighted by molar-refractivity contribution is 0.333. The molecule has 0 saturated carbocycles. The maximum Gasteiger partial charge on any atom is 0.141 e. The molecule has 1 heterocycles. The molecule has 0 spiro atoms. The van der Waals surface area contributed by atoms with Crippen LogP contribution in [0.15, 0.2) is 18.2 Å². The van der Waals surface area contributed by atoms with Gasteiger partial charge in [0.15, 0.2) is 0 Å². The van der Waals surface area contributed by atoms with Crippen LogP contribution in [0.2, 0.25) is 5.02 Å². The van der Waals surface area contributed by atoms with Crippen LogP contribution in [0.4, 0.5) is 4.39 Å². The molecule has 1 fully saturated rings. The second-order valence-electron chi connectivity index (χ2n) is 4.32. The summed E-state index contributed by atoms with van der Waals surface area (Å²) in [6.45, 7) is 3.26. The van der Waals surface area contributed by atoms with Crippen LogP contribution in [0, 0.1) is 11.7 Å². The lowest BCUT2D eigenvalue weighted by Gasteiger charge is -2.28. The van der Waals surface area contributed by atoms with Crippen molar-refractivity contribution in [3.63, 3.8) is 0 Å². The fourth-order valence-electron chi connectivity index (χ4n) is 2.01. The minimum Gasteiger partial charge on any atom is -0.310 e. The van der Waals surface area contributed by atoms with E-state index >= 15 is 0 Å². The minimum atomic E-state index is -0.343. The minimum absolute atomic E-state index is 0.216. The Hall–Kier alpha value is -0.600. The maximum atomic E-state index is 13.0. The summed E-state index contributed by atoms with van der Waals surface area (Å²) in [5.74, 6) is 0.391. The molecule has 2 rings (SSSR count). The normalized spacial score (nSPS) is 26.6. The van der Waals surface area contributed by atoms with E-state index in [0.29, 0.717) is 6.04 Å². The monoisotopic (exact) mass is 227 g/mol. The Morgan fingerprint density at radius 3 is 2.80 bits per heavy atom. The van der Waals surface area contributed by atoms with E-state index in [1.165, 1.54) is 12.5 Å². The van der Waals surface area contributed by atoms with E-state index in [1.54, 1.807) is 6.07 Å². The molecule has 0 radical (unpaired) electrons. The Bertz CT molecular complexity index is 345. The molecule has 0 aromatic heterocycles. The molecule has 0 amide bonds. The van der Waals surface area contributed by atoms with Gasteiger partial charge in [-0.25, -0.2) is 4.39 Å². The maximum absolute atomic E-state index is 13.0. The number of nitrogens with one attached hydrogen (secondary N) is 1. The van der Waals surface area contributed by atoms with Gasteiger partial charge in [-0.15, -0.1) is 0 Å². The first kappa shape index (κ1) is 10.9. The van der Waals surface area contributed by atoms with Crippen LogP contribution in [-0.4, -0.2) is 6.54 Å². The van der Waals surface area contributed by atoms with Crippen LogP contribution >= 0.6 is 11.6 Å². The van der Waals surface area contributed by atoms with Crippen molar-refractivity contribution in [2.45, 2.75) is 25.8 Å². The van der Waals surface area contributed by atoms with Crippen molar-refractivity contribution < 1.29 is 4.39 Å². The van der Waals surface area contributed by atoms with Gasteiger partial charge in [-0.2, -0.15) is 0 Å². The molecule has 1 nitrogen and oxygen atoms in total. The SMILES string of the molecule is C[C@H]1CC[C@H](c2ccc(F)c(Cl)c2)NC1. The molecule has 82 valence electrons. The highest BCUT2D eigenvalue weighted by Crippen LogP contribution is 2.27. The highest BCUT2D eigenvalue weighted by Gasteiger charge is 2.19. The largest absolute Gasteiger partial charge is 0.310 e. The van der Waals surface area contributed by atoms with Gasteiger partial charge >= 0.3 is 0 Å². The Morgan fingerprint density at radius 2 is 2.20 bits per heavy atom. The van der Waals surface area contributed by atoms with Gasteiger partial charge in [0.25, 0.3) is 0 Å². The first-order valence-electron chi connectivity index (χ1n) is 5.35. The second-order valence-corrected chi connectivity index (χ2v) is 4.72. The molecule has 1 N–H and O–H groups in total. The zero-order chi connectivity index (χ0) is 10.8. The fourth-order valence-corrected chi connectivity index (χ4v) is 2.20. The van der Waals surface area contributed by atoms with Gasteiger partial charge in [0.2, 0.25) is 0 Å². The van der Waals surface area contributed by atoms with Gasteiger partial charge in [0.05, 0.1) is 5.02 Å². The van der Waals surface area contributed by atoms with Gasteiger partial charge in [0.1, 0.15) is 5.82 Å². The molecule has 1 aromatic carbocycles. The Kier molecular flexibility index (Phi) is 3.27. The lowest BCUT2D eigenvalue weighted by Crippen LogP contribution is -2.31. The first-order valence-corrected chi connectivity index (χ1v) is 5.73. The number of hydrogen-bond donors (Lipinski definition) is 1. The van der Waals surface area contributed by atoms with Crippen LogP contribution in [0.3, 0.4) is 0 Å². The molecule has 0 bridgehead atoms. The molecule has 3 heteroatoms. The third-order valence-corrected chi connectivity index (χ3v) is 3.30. The molecule has 0 aliphatic carbocycles. The van der Waals surface area contributed by atoms with Crippen molar-refractivity contribution in [1.29, 1.82) is 0 Å². The summed E-state index contributed by atoms with van der Waals surface area (Å²) in [5, 5.41) is 3.67. The van der Waals surface area contributed by atoms with Gasteiger partial charge in [-0.05, 0) is 43.0 Å². The van der Waals surface area contributed by atoms with Crippen LogP contribution in [0.5, 0.6) is 0 Å². The first-order chi connectivity index (χ1) is 7.16. The number of piperidine rings is 1. The summed E-state index contributed by atoms with van der Waals surface area (Å²) in [7, 11) is 0. The number of halogens is 2. The molecule has 1 aromatic rings. The van der Waals surface area contributed by atoms with Crippen LogP contribution in [0.25, 0.3) is 0 Å². The predicted octanol–water partition coefficient (Wildman–Crippen LogP) is 3.54. The van der Waals surface area contributed by atoms with E-state index in [0.717, 1.165) is 24.4 Å². The molecule has 0 unspecified atom stereocenters. The van der Waals surface area contributed by atoms with Gasteiger partial charge < -0.3 is 5.32 Å². The molecular weight excluding hydrogens is 213 g/mol. The van der Waals surface area contributed by atoms with Gasteiger partial charge in [0, 0.05) is 6.04 Å². The quantitative estimate of drug-likeness (QED) is 0.774. The molecule has 15 heavy (non-hydrogen) atoms. The second kappa shape index (κ2) is 4.50. The Balaban J connectivity index is 2.12. The van der Waals surface area contributed by atoms with Crippen LogP contribution in [0.1, 0.15) is 31.4 Å². The fraction of sp³-hybridized carbons (Fsp3) is 0.500. The Labute approximate surface area is 94.6 Å². The predicted molar refractivity (Wildman–Crippen MR) is 60.6 cm³/mol. The van der Waals surface area contributed by atoms with Crippen LogP contribution < -0.4 is 5.32 Å². The molecule has 2 atom stereocenters. The highest BCUT2D eigenvalue weighted by molar-refractivity contribution is 6.30. The van der Waals surface area contributed by atoms with Crippen LogP contribution in [-0.2, 0) is 0 Å². The number of hydrogen-bond acceptors (Lipinski definition) is 1. The van der Waals surface area contributed by atoms with Gasteiger partial charge in [-0.3, -0.25) is 0 Å². The molecular formula is C12H15ClFN. The average Bonchev–Trinajstić information content (AvgIpc) is 2.23. The summed E-state index contributed by atoms with van der Waals surface area (Å²) in [4.78, 5) is 0. The standard InChI is InChI=1S/C12H15ClFN/c1-8-2-5-12(15-7-8)9-3-4-11(14)10(13)6-9/h3-4,6,8,12,15H,2,5,7H2,1H3/t8-,12+/m0/s1. The molecule has 1 saturated heterocycles. The zero-order valence-corrected chi connectivity index (χ0v) is 9.52. The molecule has 1 aliphatic heterocycles. The summed E-state index contributed by atoms with van der Waals surface area (Å²) in [6, 6.07) is 5.32. The molecule has 1 aliphatic rings. The Morgan fingerprint density at radius 1 is 1.40 bits per heavy atom. The van der Waals surface area contributed by atoms with E-state index in [2.05, 4.69) is 12.2 Å². The zero-order valence-electron chi connectivity index (χ0n) is 8.76. The number of benzene rings is 1. The summed E-state index contributed by atoms with van der Waals surface area (Å²) < 4.78 is 13.0. The van der Waals surface area contributed by atoms with E-state index in [4.69, 9.17) is 11.6 Å². The van der Waals surface area contributed by atoms with Crippen molar-refractivity contribution in [2.75, 3.05) is 6.54 Å². The summed E-state index contributed by atoms with van der Waals surface area (Å²) in [6.07, 6.45) is 2.32. The average molecular weight is 228 g/mol. The van der Waals surface area contributed by atoms with E-state index < -0.39 is 0 Å². The highest BCUT2D eigenvalue weighted by atomic mass is 35.5. The third kappa shape index (κ3) is 2.50. The third-order valence-electron chi connectivity index (χ3n) is 3.01. The smallest absolute Gasteiger partial charge is 0.141 e. The topological polar surface area (TPSA) is 12.0 Å². The van der Waals surface area contributed by atoms with Crippen molar-refractivity contribution in [2.24, 2.45) is 5.92 Å². The van der Waals surface area contributed by atoms with Gasteiger partial charge in [-0.1, -0.05) is 24.6 Å². The van der Waals surface area contributed by atoms with E-state index in [-0.39, 0.29) is 10.8 Å². The summed E-state index contributed by atoms with van der Waals surface area (Å²) >= 11 is 5.76. The van der Waals surface area contributed by atoms with E-state index in [1.807, 2.05) is 6.07 Å². The number of rotatable bonds is 1. The van der Waals surface area contributed by atoms with E-state index in [9.17, 15) is 4.39 Å². The van der Waals surface area contributed by atoms with Crippen molar-refractivity contribution in [1.82, 2.24) is 5.32 Å². The summed E-state index contributed by atoms with van der Waals surface area (Å²) in [5.41, 5.74) is 1.09. The lowest BCUT2D eigenvalue weighted by atomic mass is 9.92. The van der Waals surface area contributed by atoms with Crippen molar-refractivity contribution >= 4 is 11.6 Å². The van der Waals surface area contributed by atoms with Crippen molar-refractivity contribution in [3.8, 4) is 0 Å².